The van der Waals surface area contributed by atoms with Gasteiger partial charge in [-0.15, -0.1) is 0 Å². The van der Waals surface area contributed by atoms with Gasteiger partial charge < -0.3 is 19.7 Å². The summed E-state index contributed by atoms with van der Waals surface area (Å²) in [6, 6.07) is 6.69. The number of likely N-dealkylation sites (N-methyl/N-ethyl adjacent to an activating group) is 1. The number of benzene rings is 1. The highest BCUT2D eigenvalue weighted by Crippen LogP contribution is 2.39. The third-order valence-corrected chi connectivity index (χ3v) is 6.36. The van der Waals surface area contributed by atoms with Gasteiger partial charge in [0.05, 0.1) is 6.10 Å². The number of carbonyl (C=O) groups excluding carboxylic acids is 3. The van der Waals surface area contributed by atoms with E-state index < -0.39 is 17.5 Å². The van der Waals surface area contributed by atoms with Crippen LogP contribution in [0, 0.1) is 0 Å². The van der Waals surface area contributed by atoms with E-state index in [1.807, 2.05) is 6.07 Å². The maximum Gasteiger partial charge on any atom is 0.327 e. The average molecular weight is 415 g/mol. The summed E-state index contributed by atoms with van der Waals surface area (Å²) in [6.07, 6.45) is 6.39. The molecular weight excluding hydrogens is 386 g/mol. The van der Waals surface area contributed by atoms with Gasteiger partial charge in [-0.3, -0.25) is 14.5 Å². The smallest absolute Gasteiger partial charge is 0.327 e. The van der Waals surface area contributed by atoms with Crippen molar-refractivity contribution in [1.29, 1.82) is 0 Å². The quantitative estimate of drug-likeness (QED) is 0.722. The first kappa shape index (κ1) is 20.7. The van der Waals surface area contributed by atoms with E-state index in [0.717, 1.165) is 43.6 Å². The van der Waals surface area contributed by atoms with Gasteiger partial charge in [-0.05, 0) is 37.8 Å². The zero-order valence-corrected chi connectivity index (χ0v) is 17.4. The van der Waals surface area contributed by atoms with Crippen molar-refractivity contribution in [2.45, 2.75) is 56.6 Å². The molecule has 1 N–H and O–H groups in total. The fourth-order valence-corrected chi connectivity index (χ4v) is 4.64. The summed E-state index contributed by atoms with van der Waals surface area (Å²) in [5, 5.41) is 2.77. The number of urea groups is 1. The Morgan fingerprint density at radius 1 is 1.23 bits per heavy atom. The van der Waals surface area contributed by atoms with Crippen molar-refractivity contribution in [3.8, 4) is 5.75 Å². The lowest BCUT2D eigenvalue weighted by Gasteiger charge is -2.35. The molecule has 3 aliphatic rings. The van der Waals surface area contributed by atoms with E-state index in [2.05, 4.69) is 5.32 Å². The molecule has 162 valence electrons. The molecule has 4 rings (SSSR count). The molecule has 8 heteroatoms. The lowest BCUT2D eigenvalue weighted by molar-refractivity contribution is -0.136. The average Bonchev–Trinajstić information content (AvgIpc) is 3.33. The fourth-order valence-electron chi connectivity index (χ4n) is 4.64. The van der Waals surface area contributed by atoms with Gasteiger partial charge in [-0.2, -0.15) is 0 Å². The predicted octanol–water partition coefficient (Wildman–Crippen LogP) is 2.78. The Morgan fingerprint density at radius 2 is 2.03 bits per heavy atom. The molecule has 2 aliphatic heterocycles. The van der Waals surface area contributed by atoms with E-state index in [4.69, 9.17) is 9.47 Å². The van der Waals surface area contributed by atoms with Gasteiger partial charge in [0.15, 0.2) is 0 Å². The lowest BCUT2D eigenvalue weighted by Crippen LogP contribution is -2.49. The molecule has 1 atom stereocenters. The minimum absolute atomic E-state index is 0.111. The highest BCUT2D eigenvalue weighted by Gasteiger charge is 2.55. The number of nitrogens with one attached hydrogen (secondary N) is 1. The third kappa shape index (κ3) is 4.01. The molecule has 1 aromatic carbocycles. The van der Waals surface area contributed by atoms with Crippen LogP contribution < -0.4 is 10.1 Å². The van der Waals surface area contributed by atoms with Crippen LogP contribution in [0.15, 0.2) is 24.3 Å². The molecule has 1 saturated carbocycles. The Morgan fingerprint density at radius 3 is 2.77 bits per heavy atom. The number of carbonyl (C=O) groups is 3. The second-order valence-corrected chi connectivity index (χ2v) is 8.35. The van der Waals surface area contributed by atoms with Crippen molar-refractivity contribution in [2.75, 3.05) is 32.1 Å². The van der Waals surface area contributed by atoms with Gasteiger partial charge in [0.25, 0.3) is 5.91 Å². The van der Waals surface area contributed by atoms with Gasteiger partial charge >= 0.3 is 6.03 Å². The number of ether oxygens (including phenoxy) is 2. The predicted molar refractivity (Wildman–Crippen MR) is 110 cm³/mol. The summed E-state index contributed by atoms with van der Waals surface area (Å²) in [7, 11) is 1.67. The highest BCUT2D eigenvalue weighted by atomic mass is 16.5. The van der Waals surface area contributed by atoms with Crippen LogP contribution in [0.2, 0.25) is 0 Å². The molecule has 0 aromatic heterocycles. The zero-order valence-electron chi connectivity index (χ0n) is 17.4. The molecule has 1 unspecified atom stereocenters. The van der Waals surface area contributed by atoms with Gasteiger partial charge in [0, 0.05) is 25.4 Å². The van der Waals surface area contributed by atoms with Crippen molar-refractivity contribution in [2.24, 2.45) is 0 Å². The number of nitrogens with zero attached hydrogens (tertiary/aromatic N) is 2. The van der Waals surface area contributed by atoms with Crippen LogP contribution in [0.5, 0.6) is 5.75 Å². The maximum atomic E-state index is 13.0. The monoisotopic (exact) mass is 415 g/mol. The van der Waals surface area contributed by atoms with Crippen LogP contribution in [0.4, 0.5) is 10.5 Å². The minimum Gasteiger partial charge on any atom is -0.491 e. The zero-order chi connectivity index (χ0) is 21.1. The number of amides is 4. The van der Waals surface area contributed by atoms with Crippen LogP contribution in [0.1, 0.15) is 44.9 Å². The van der Waals surface area contributed by atoms with Crippen molar-refractivity contribution in [3.63, 3.8) is 0 Å². The summed E-state index contributed by atoms with van der Waals surface area (Å²) in [5.41, 5.74) is -0.212. The summed E-state index contributed by atoms with van der Waals surface area (Å²) < 4.78 is 11.3. The number of rotatable bonds is 6. The highest BCUT2D eigenvalue weighted by molar-refractivity contribution is 6.10. The molecule has 30 heavy (non-hydrogen) atoms. The number of hydrogen-bond donors (Lipinski definition) is 1. The summed E-state index contributed by atoms with van der Waals surface area (Å²) in [5.74, 6) is -0.0229. The SMILES string of the molecule is CN1C(=O)N(CC(=O)Nc2cccc(OCC3CCCO3)c2)C(=O)C12CCCCC2. The summed E-state index contributed by atoms with van der Waals surface area (Å²) in [4.78, 5) is 40.9. The van der Waals surface area contributed by atoms with E-state index in [-0.39, 0.29) is 18.6 Å². The molecule has 1 aliphatic carbocycles. The van der Waals surface area contributed by atoms with Gasteiger partial charge in [0.1, 0.15) is 24.4 Å². The van der Waals surface area contributed by atoms with Crippen LogP contribution in [-0.4, -0.2) is 66.1 Å². The topological polar surface area (TPSA) is 88.2 Å². The van der Waals surface area contributed by atoms with Gasteiger partial charge in [-0.25, -0.2) is 4.79 Å². The van der Waals surface area contributed by atoms with Crippen molar-refractivity contribution in [1.82, 2.24) is 9.80 Å². The van der Waals surface area contributed by atoms with Crippen molar-refractivity contribution < 1.29 is 23.9 Å². The van der Waals surface area contributed by atoms with Crippen molar-refractivity contribution in [3.05, 3.63) is 24.3 Å². The molecule has 4 amide bonds. The van der Waals surface area contributed by atoms with Gasteiger partial charge in [-0.1, -0.05) is 25.3 Å². The van der Waals surface area contributed by atoms with Crippen LogP contribution in [-0.2, 0) is 14.3 Å². The lowest BCUT2D eigenvalue weighted by atomic mass is 9.81. The van der Waals surface area contributed by atoms with E-state index >= 15 is 0 Å². The molecule has 3 fully saturated rings. The normalized spacial score (nSPS) is 23.3. The van der Waals surface area contributed by atoms with Crippen LogP contribution >= 0.6 is 0 Å². The number of imide groups is 1. The Labute approximate surface area is 176 Å². The van der Waals surface area contributed by atoms with E-state index in [1.54, 1.807) is 25.2 Å². The standard InChI is InChI=1S/C22H29N3O5/c1-24-21(28)25(20(27)22(24)10-3-2-4-11-22)14-19(26)23-16-7-5-8-17(13-16)30-15-18-9-6-12-29-18/h5,7-8,13,18H,2-4,6,9-12,14-15H2,1H3,(H,23,26). The molecule has 8 nitrogen and oxygen atoms in total. The molecule has 0 radical (unpaired) electrons. The molecular formula is C22H29N3O5. The Bertz CT molecular complexity index is 815. The summed E-state index contributed by atoms with van der Waals surface area (Å²) >= 11 is 0. The largest absolute Gasteiger partial charge is 0.491 e. The first-order valence-electron chi connectivity index (χ1n) is 10.7. The second-order valence-electron chi connectivity index (χ2n) is 8.35. The first-order chi connectivity index (χ1) is 14.5. The molecule has 1 spiro atoms. The summed E-state index contributed by atoms with van der Waals surface area (Å²) in [6.45, 7) is 0.960. The van der Waals surface area contributed by atoms with Crippen LogP contribution in [0.3, 0.4) is 0 Å². The second kappa shape index (κ2) is 8.63. The van der Waals surface area contributed by atoms with Gasteiger partial charge in [0.2, 0.25) is 5.91 Å². The van der Waals surface area contributed by atoms with E-state index in [1.165, 1.54) is 4.90 Å². The van der Waals surface area contributed by atoms with Crippen molar-refractivity contribution >= 4 is 23.5 Å². The Balaban J connectivity index is 1.35. The number of hydrogen-bond acceptors (Lipinski definition) is 5. The minimum atomic E-state index is -0.772. The Hall–Kier alpha value is -2.61. The molecule has 0 bridgehead atoms. The molecule has 1 aromatic rings. The van der Waals surface area contributed by atoms with E-state index in [9.17, 15) is 14.4 Å². The number of anilines is 1. The first-order valence-corrected chi connectivity index (χ1v) is 10.7. The third-order valence-electron chi connectivity index (χ3n) is 6.36. The van der Waals surface area contributed by atoms with E-state index in [0.29, 0.717) is 30.9 Å². The molecule has 2 saturated heterocycles. The maximum absolute atomic E-state index is 13.0. The fraction of sp³-hybridized carbons (Fsp3) is 0.591. The Kier molecular flexibility index (Phi) is 5.94. The van der Waals surface area contributed by atoms with Crippen LogP contribution in [0.25, 0.3) is 0 Å². The molecule has 2 heterocycles.